The Balaban J connectivity index is 1.88. The van der Waals surface area contributed by atoms with Gasteiger partial charge in [-0.1, -0.05) is 35.9 Å². The molecular formula is C23H18N4. The first kappa shape index (κ1) is 16.7. The molecule has 0 saturated carbocycles. The summed E-state index contributed by atoms with van der Waals surface area (Å²) in [5.41, 5.74) is 6.47. The van der Waals surface area contributed by atoms with Gasteiger partial charge in [0.15, 0.2) is 5.82 Å². The second kappa shape index (κ2) is 6.89. The molecule has 0 radical (unpaired) electrons. The smallest absolute Gasteiger partial charge is 0.163 e. The molecule has 130 valence electrons. The molecule has 4 aromatic rings. The number of pyridine rings is 1. The third kappa shape index (κ3) is 3.36. The number of aryl methyl sites for hydroxylation is 2. The van der Waals surface area contributed by atoms with Crippen LogP contribution in [0.4, 0.5) is 0 Å². The molecule has 0 aliphatic carbocycles. The predicted octanol–water partition coefficient (Wildman–Crippen LogP) is 5.09. The molecule has 0 N–H and O–H groups in total. The average molecular weight is 350 g/mol. The molecular weight excluding hydrogens is 332 g/mol. The summed E-state index contributed by atoms with van der Waals surface area (Å²) in [6.07, 6.45) is 2.02. The molecule has 4 nitrogen and oxygen atoms in total. The molecule has 27 heavy (non-hydrogen) atoms. The van der Waals surface area contributed by atoms with Gasteiger partial charge in [-0.3, -0.25) is 4.57 Å². The van der Waals surface area contributed by atoms with Crippen molar-refractivity contribution in [2.45, 2.75) is 13.8 Å². The van der Waals surface area contributed by atoms with Gasteiger partial charge in [-0.05, 0) is 50.2 Å². The Kier molecular flexibility index (Phi) is 4.27. The molecule has 0 fully saturated rings. The lowest BCUT2D eigenvalue weighted by atomic mass is 10.1. The first-order valence-electron chi connectivity index (χ1n) is 8.75. The zero-order chi connectivity index (χ0) is 18.8. The van der Waals surface area contributed by atoms with Crippen molar-refractivity contribution in [2.75, 3.05) is 0 Å². The largest absolute Gasteiger partial charge is 0.298 e. The number of aromatic nitrogens is 3. The van der Waals surface area contributed by atoms with E-state index in [1.165, 1.54) is 5.56 Å². The van der Waals surface area contributed by atoms with E-state index >= 15 is 0 Å². The first-order valence-corrected chi connectivity index (χ1v) is 8.75. The van der Waals surface area contributed by atoms with E-state index in [0.29, 0.717) is 5.56 Å². The van der Waals surface area contributed by atoms with Gasteiger partial charge in [0, 0.05) is 23.1 Å². The summed E-state index contributed by atoms with van der Waals surface area (Å²) in [6.45, 7) is 4.05. The van der Waals surface area contributed by atoms with Crippen molar-refractivity contribution in [1.82, 2.24) is 14.5 Å². The number of hydrogen-bond donors (Lipinski definition) is 0. The first-order chi connectivity index (χ1) is 13.1. The molecule has 0 spiro atoms. The standard InChI is InChI=1S/C23H18N4/c1-16-6-12-20(13-7-16)27-15-22(19-10-8-18(14-24)9-11-19)26-23(27)21-5-3-4-17(2)25-21/h3-13,15H,1-2H3. The minimum atomic E-state index is 0.636. The van der Waals surface area contributed by atoms with Crippen molar-refractivity contribution in [3.63, 3.8) is 0 Å². The van der Waals surface area contributed by atoms with Crippen LogP contribution < -0.4 is 0 Å². The van der Waals surface area contributed by atoms with E-state index in [2.05, 4.69) is 46.8 Å². The van der Waals surface area contributed by atoms with Crippen LogP contribution in [-0.4, -0.2) is 14.5 Å². The molecule has 0 aliphatic heterocycles. The van der Waals surface area contributed by atoms with Gasteiger partial charge in [0.2, 0.25) is 0 Å². The van der Waals surface area contributed by atoms with E-state index in [1.54, 1.807) is 0 Å². The van der Waals surface area contributed by atoms with Crippen LogP contribution in [0.15, 0.2) is 72.9 Å². The van der Waals surface area contributed by atoms with Gasteiger partial charge in [0.05, 0.1) is 17.3 Å². The third-order valence-corrected chi connectivity index (χ3v) is 4.45. The fourth-order valence-electron chi connectivity index (χ4n) is 2.99. The van der Waals surface area contributed by atoms with Crippen LogP contribution in [0.3, 0.4) is 0 Å². The van der Waals surface area contributed by atoms with E-state index in [4.69, 9.17) is 10.2 Å². The van der Waals surface area contributed by atoms with Crippen LogP contribution in [0.2, 0.25) is 0 Å². The van der Waals surface area contributed by atoms with Crippen molar-refractivity contribution in [3.8, 4) is 34.5 Å². The van der Waals surface area contributed by atoms with Crippen LogP contribution in [0, 0.1) is 25.2 Å². The Morgan fingerprint density at radius 2 is 1.56 bits per heavy atom. The quantitative estimate of drug-likeness (QED) is 0.517. The summed E-state index contributed by atoms with van der Waals surface area (Å²) in [7, 11) is 0. The van der Waals surface area contributed by atoms with Crippen LogP contribution in [0.5, 0.6) is 0 Å². The molecule has 0 aliphatic rings. The minimum absolute atomic E-state index is 0.636. The van der Waals surface area contributed by atoms with Gasteiger partial charge in [-0.15, -0.1) is 0 Å². The van der Waals surface area contributed by atoms with Gasteiger partial charge < -0.3 is 0 Å². The second-order valence-electron chi connectivity index (χ2n) is 6.51. The second-order valence-corrected chi connectivity index (χ2v) is 6.51. The number of benzene rings is 2. The maximum absolute atomic E-state index is 9.01. The summed E-state index contributed by atoms with van der Waals surface area (Å²) in [5.74, 6) is 0.793. The maximum Gasteiger partial charge on any atom is 0.163 e. The van der Waals surface area contributed by atoms with Crippen LogP contribution >= 0.6 is 0 Å². The summed E-state index contributed by atoms with van der Waals surface area (Å²) >= 11 is 0. The fourth-order valence-corrected chi connectivity index (χ4v) is 2.99. The van der Waals surface area contributed by atoms with E-state index in [0.717, 1.165) is 34.2 Å². The molecule has 0 unspecified atom stereocenters. The summed E-state index contributed by atoms with van der Waals surface area (Å²) in [6, 6.07) is 23.9. The van der Waals surface area contributed by atoms with Crippen molar-refractivity contribution < 1.29 is 0 Å². The number of imidazole rings is 1. The van der Waals surface area contributed by atoms with Crippen molar-refractivity contribution >= 4 is 0 Å². The fraction of sp³-hybridized carbons (Fsp3) is 0.0870. The molecule has 2 heterocycles. The maximum atomic E-state index is 9.01. The molecule has 0 saturated heterocycles. The molecule has 2 aromatic carbocycles. The van der Waals surface area contributed by atoms with E-state index in [1.807, 2.05) is 55.6 Å². The van der Waals surface area contributed by atoms with Gasteiger partial charge in [0.1, 0.15) is 5.69 Å². The Morgan fingerprint density at radius 1 is 0.815 bits per heavy atom. The molecule has 0 amide bonds. The van der Waals surface area contributed by atoms with E-state index in [-0.39, 0.29) is 0 Å². The lowest BCUT2D eigenvalue weighted by Gasteiger charge is -2.08. The topological polar surface area (TPSA) is 54.5 Å². The SMILES string of the molecule is Cc1ccc(-n2cc(-c3ccc(C#N)cc3)nc2-c2cccc(C)n2)cc1. The predicted molar refractivity (Wildman–Crippen MR) is 106 cm³/mol. The van der Waals surface area contributed by atoms with Crippen LogP contribution in [0.1, 0.15) is 16.8 Å². The number of rotatable bonds is 3. The highest BCUT2D eigenvalue weighted by Crippen LogP contribution is 2.27. The van der Waals surface area contributed by atoms with Gasteiger partial charge in [-0.25, -0.2) is 9.97 Å². The van der Waals surface area contributed by atoms with Gasteiger partial charge >= 0.3 is 0 Å². The van der Waals surface area contributed by atoms with E-state index < -0.39 is 0 Å². The molecule has 4 heteroatoms. The molecule has 4 rings (SSSR count). The summed E-state index contributed by atoms with van der Waals surface area (Å²) in [4.78, 5) is 9.52. The Bertz CT molecular complexity index is 1130. The highest BCUT2D eigenvalue weighted by atomic mass is 15.1. The van der Waals surface area contributed by atoms with E-state index in [9.17, 15) is 0 Å². The van der Waals surface area contributed by atoms with Crippen molar-refractivity contribution in [1.29, 1.82) is 5.26 Å². The van der Waals surface area contributed by atoms with Crippen LogP contribution in [-0.2, 0) is 0 Å². The summed E-state index contributed by atoms with van der Waals surface area (Å²) < 4.78 is 2.06. The van der Waals surface area contributed by atoms with Crippen molar-refractivity contribution in [3.05, 3.63) is 89.7 Å². The number of nitrogens with zero attached hydrogens (tertiary/aromatic N) is 4. The zero-order valence-corrected chi connectivity index (χ0v) is 15.2. The lowest BCUT2D eigenvalue weighted by molar-refractivity contribution is 1.04. The molecule has 0 atom stereocenters. The summed E-state index contributed by atoms with van der Waals surface area (Å²) in [5, 5.41) is 9.01. The highest BCUT2D eigenvalue weighted by Gasteiger charge is 2.14. The third-order valence-electron chi connectivity index (χ3n) is 4.45. The Labute approximate surface area is 158 Å². The van der Waals surface area contributed by atoms with Crippen molar-refractivity contribution in [2.24, 2.45) is 0 Å². The highest BCUT2D eigenvalue weighted by molar-refractivity contribution is 5.66. The van der Waals surface area contributed by atoms with Crippen LogP contribution in [0.25, 0.3) is 28.5 Å². The normalized spacial score (nSPS) is 10.6. The van der Waals surface area contributed by atoms with Gasteiger partial charge in [-0.2, -0.15) is 5.26 Å². The lowest BCUT2D eigenvalue weighted by Crippen LogP contribution is -1.98. The molecule has 0 bridgehead atoms. The Morgan fingerprint density at radius 3 is 2.22 bits per heavy atom. The Hall–Kier alpha value is -3.71. The number of hydrogen-bond acceptors (Lipinski definition) is 3. The van der Waals surface area contributed by atoms with Gasteiger partial charge in [0.25, 0.3) is 0 Å². The minimum Gasteiger partial charge on any atom is -0.298 e. The molecule has 2 aromatic heterocycles. The average Bonchev–Trinajstić information content (AvgIpc) is 3.14. The number of nitriles is 1. The monoisotopic (exact) mass is 350 g/mol. The zero-order valence-electron chi connectivity index (χ0n) is 15.2.